The first kappa shape index (κ1) is 15.6. The number of rotatable bonds is 3. The molecule has 1 aromatic carbocycles. The van der Waals surface area contributed by atoms with E-state index in [0.29, 0.717) is 13.1 Å². The van der Waals surface area contributed by atoms with Gasteiger partial charge in [-0.25, -0.2) is 13.8 Å². The predicted octanol–water partition coefficient (Wildman–Crippen LogP) is 2.65. The SMILES string of the molecule is Cn1ccnc1C1CCCN(C(=O)Cc2cccc(F)c2F)C1. The fourth-order valence-corrected chi connectivity index (χ4v) is 3.14. The predicted molar refractivity (Wildman–Crippen MR) is 81.8 cm³/mol. The third-order valence-electron chi connectivity index (χ3n) is 4.37. The summed E-state index contributed by atoms with van der Waals surface area (Å²) in [5.74, 6) is -0.878. The lowest BCUT2D eigenvalue weighted by Crippen LogP contribution is -2.40. The highest BCUT2D eigenvalue weighted by atomic mass is 19.2. The second kappa shape index (κ2) is 6.48. The average Bonchev–Trinajstić information content (AvgIpc) is 2.98. The molecule has 1 unspecified atom stereocenters. The molecule has 0 saturated carbocycles. The van der Waals surface area contributed by atoms with Gasteiger partial charge in [0.2, 0.25) is 5.91 Å². The van der Waals surface area contributed by atoms with Gasteiger partial charge in [0.25, 0.3) is 0 Å². The van der Waals surface area contributed by atoms with Crippen LogP contribution in [0.25, 0.3) is 0 Å². The van der Waals surface area contributed by atoms with Crippen LogP contribution in [0, 0.1) is 11.6 Å². The van der Waals surface area contributed by atoms with Crippen LogP contribution in [0.3, 0.4) is 0 Å². The highest BCUT2D eigenvalue weighted by molar-refractivity contribution is 5.79. The molecule has 1 aliphatic rings. The minimum absolute atomic E-state index is 0.106. The van der Waals surface area contributed by atoms with Crippen LogP contribution in [0.5, 0.6) is 0 Å². The molecule has 3 rings (SSSR count). The van der Waals surface area contributed by atoms with Crippen LogP contribution < -0.4 is 0 Å². The lowest BCUT2D eigenvalue weighted by atomic mass is 9.96. The summed E-state index contributed by atoms with van der Waals surface area (Å²) < 4.78 is 28.9. The molecule has 0 bridgehead atoms. The van der Waals surface area contributed by atoms with Crippen molar-refractivity contribution >= 4 is 5.91 Å². The maximum absolute atomic E-state index is 13.7. The molecule has 1 amide bonds. The van der Waals surface area contributed by atoms with E-state index in [1.807, 2.05) is 17.8 Å². The highest BCUT2D eigenvalue weighted by Gasteiger charge is 2.27. The van der Waals surface area contributed by atoms with Crippen LogP contribution in [-0.4, -0.2) is 33.4 Å². The van der Waals surface area contributed by atoms with Gasteiger partial charge in [0, 0.05) is 44.0 Å². The molecule has 0 spiro atoms. The molecule has 2 heterocycles. The van der Waals surface area contributed by atoms with E-state index in [9.17, 15) is 13.6 Å². The third kappa shape index (κ3) is 3.25. The summed E-state index contributed by atoms with van der Waals surface area (Å²) in [6.07, 6.45) is 5.38. The Labute approximate surface area is 133 Å². The maximum atomic E-state index is 13.7. The summed E-state index contributed by atoms with van der Waals surface area (Å²) in [5, 5.41) is 0. The minimum atomic E-state index is -0.932. The van der Waals surface area contributed by atoms with Gasteiger partial charge in [-0.2, -0.15) is 0 Å². The Balaban J connectivity index is 1.70. The quantitative estimate of drug-likeness (QED) is 0.872. The van der Waals surface area contributed by atoms with Crippen LogP contribution in [0.1, 0.15) is 30.1 Å². The first-order valence-corrected chi connectivity index (χ1v) is 7.74. The van der Waals surface area contributed by atoms with Crippen molar-refractivity contribution in [1.82, 2.24) is 14.5 Å². The zero-order valence-electron chi connectivity index (χ0n) is 13.0. The first-order chi connectivity index (χ1) is 11.1. The Kier molecular flexibility index (Phi) is 4.41. The minimum Gasteiger partial charge on any atom is -0.342 e. The number of amides is 1. The fraction of sp³-hybridized carbons (Fsp3) is 0.412. The van der Waals surface area contributed by atoms with E-state index in [2.05, 4.69) is 4.98 Å². The second-order valence-corrected chi connectivity index (χ2v) is 5.96. The van der Waals surface area contributed by atoms with Gasteiger partial charge in [0.1, 0.15) is 5.82 Å². The van der Waals surface area contributed by atoms with E-state index in [1.165, 1.54) is 12.1 Å². The maximum Gasteiger partial charge on any atom is 0.227 e. The summed E-state index contributed by atoms with van der Waals surface area (Å²) in [4.78, 5) is 18.5. The van der Waals surface area contributed by atoms with Gasteiger partial charge in [-0.15, -0.1) is 0 Å². The standard InChI is InChI=1S/C17H19F2N3O/c1-21-9-7-20-17(21)13-5-3-8-22(11-13)15(23)10-12-4-2-6-14(18)16(12)19/h2,4,6-7,9,13H,3,5,8,10-11H2,1H3. The third-order valence-corrected chi connectivity index (χ3v) is 4.37. The van der Waals surface area contributed by atoms with E-state index in [0.717, 1.165) is 24.7 Å². The van der Waals surface area contributed by atoms with Crippen molar-refractivity contribution in [2.45, 2.75) is 25.2 Å². The number of likely N-dealkylation sites (tertiary alicyclic amines) is 1. The largest absolute Gasteiger partial charge is 0.342 e. The topological polar surface area (TPSA) is 38.1 Å². The number of aryl methyl sites for hydroxylation is 1. The van der Waals surface area contributed by atoms with Crippen LogP contribution in [0.15, 0.2) is 30.6 Å². The van der Waals surface area contributed by atoms with Crippen LogP contribution in [0.4, 0.5) is 8.78 Å². The molecule has 23 heavy (non-hydrogen) atoms. The lowest BCUT2D eigenvalue weighted by Gasteiger charge is -2.32. The molecule has 1 atom stereocenters. The normalized spacial score (nSPS) is 18.2. The van der Waals surface area contributed by atoms with Crippen molar-refractivity contribution in [2.24, 2.45) is 7.05 Å². The molecule has 4 nitrogen and oxygen atoms in total. The van der Waals surface area contributed by atoms with Crippen LogP contribution in [-0.2, 0) is 18.3 Å². The lowest BCUT2D eigenvalue weighted by molar-refractivity contribution is -0.131. The van der Waals surface area contributed by atoms with Gasteiger partial charge in [-0.1, -0.05) is 12.1 Å². The second-order valence-electron chi connectivity index (χ2n) is 5.96. The molecule has 1 saturated heterocycles. The van der Waals surface area contributed by atoms with Gasteiger partial charge in [0.05, 0.1) is 6.42 Å². The number of carbonyl (C=O) groups is 1. The van der Waals surface area contributed by atoms with Crippen molar-refractivity contribution in [1.29, 1.82) is 0 Å². The monoisotopic (exact) mass is 319 g/mol. The summed E-state index contributed by atoms with van der Waals surface area (Å²) in [6.45, 7) is 1.22. The smallest absolute Gasteiger partial charge is 0.227 e. The van der Waals surface area contributed by atoms with E-state index in [1.54, 1.807) is 11.1 Å². The van der Waals surface area contributed by atoms with E-state index in [-0.39, 0.29) is 23.8 Å². The number of aromatic nitrogens is 2. The number of imidazole rings is 1. The van der Waals surface area contributed by atoms with Crippen LogP contribution in [0.2, 0.25) is 0 Å². The van der Waals surface area contributed by atoms with Crippen molar-refractivity contribution in [3.05, 3.63) is 53.6 Å². The van der Waals surface area contributed by atoms with Crippen molar-refractivity contribution < 1.29 is 13.6 Å². The number of hydrogen-bond donors (Lipinski definition) is 0. The van der Waals surface area contributed by atoms with E-state index < -0.39 is 11.6 Å². The van der Waals surface area contributed by atoms with Gasteiger partial charge in [-0.05, 0) is 18.9 Å². The van der Waals surface area contributed by atoms with Crippen molar-refractivity contribution in [3.63, 3.8) is 0 Å². The zero-order valence-corrected chi connectivity index (χ0v) is 13.0. The number of carbonyl (C=O) groups excluding carboxylic acids is 1. The summed E-state index contributed by atoms with van der Waals surface area (Å²) in [5.41, 5.74) is 0.106. The van der Waals surface area contributed by atoms with Gasteiger partial charge in [0.15, 0.2) is 11.6 Å². The molecule has 0 N–H and O–H groups in total. The number of nitrogens with zero attached hydrogens (tertiary/aromatic N) is 3. The van der Waals surface area contributed by atoms with Gasteiger partial charge >= 0.3 is 0 Å². The number of piperidine rings is 1. The fourth-order valence-electron chi connectivity index (χ4n) is 3.14. The van der Waals surface area contributed by atoms with Crippen LogP contribution >= 0.6 is 0 Å². The summed E-state index contributed by atoms with van der Waals surface area (Å²) in [7, 11) is 1.94. The van der Waals surface area contributed by atoms with Crippen molar-refractivity contribution in [2.75, 3.05) is 13.1 Å². The highest BCUT2D eigenvalue weighted by Crippen LogP contribution is 2.26. The molecule has 0 radical (unpaired) electrons. The number of hydrogen-bond acceptors (Lipinski definition) is 2. The molecule has 1 aromatic heterocycles. The Morgan fingerprint density at radius 3 is 2.96 bits per heavy atom. The number of benzene rings is 1. The zero-order chi connectivity index (χ0) is 16.4. The molecule has 2 aromatic rings. The van der Waals surface area contributed by atoms with Gasteiger partial charge in [-0.3, -0.25) is 4.79 Å². The van der Waals surface area contributed by atoms with E-state index in [4.69, 9.17) is 0 Å². The molecule has 1 fully saturated rings. The molecule has 0 aliphatic carbocycles. The molecular formula is C17H19F2N3O. The molecular weight excluding hydrogens is 300 g/mol. The molecule has 6 heteroatoms. The molecule has 122 valence electrons. The summed E-state index contributed by atoms with van der Waals surface area (Å²) >= 11 is 0. The Bertz CT molecular complexity index is 714. The number of halogens is 2. The first-order valence-electron chi connectivity index (χ1n) is 7.74. The Morgan fingerprint density at radius 1 is 1.39 bits per heavy atom. The Morgan fingerprint density at radius 2 is 2.22 bits per heavy atom. The molecule has 1 aliphatic heterocycles. The van der Waals surface area contributed by atoms with E-state index >= 15 is 0 Å². The summed E-state index contributed by atoms with van der Waals surface area (Å²) in [6, 6.07) is 3.94. The van der Waals surface area contributed by atoms with Crippen molar-refractivity contribution in [3.8, 4) is 0 Å². The average molecular weight is 319 g/mol. The Hall–Kier alpha value is -2.24. The van der Waals surface area contributed by atoms with Gasteiger partial charge < -0.3 is 9.47 Å².